The first-order valence-electron chi connectivity index (χ1n) is 6.92. The van der Waals surface area contributed by atoms with E-state index in [1.165, 1.54) is 5.56 Å². The number of hydrogen-bond acceptors (Lipinski definition) is 3. The molecule has 1 aromatic carbocycles. The standard InChI is InChI=1S/C15H24BrNO2/c1-5-12(6-2)19-15-13(16)8-11(10-17-4)9-14(15)18-7-3/h8-9,12,17H,5-7,10H2,1-4H3. The lowest BCUT2D eigenvalue weighted by molar-refractivity contribution is 0.180. The van der Waals surface area contributed by atoms with Gasteiger partial charge in [0.05, 0.1) is 17.2 Å². The summed E-state index contributed by atoms with van der Waals surface area (Å²) < 4.78 is 12.7. The molecule has 108 valence electrons. The number of ether oxygens (including phenoxy) is 2. The highest BCUT2D eigenvalue weighted by molar-refractivity contribution is 9.10. The molecule has 0 saturated heterocycles. The van der Waals surface area contributed by atoms with Gasteiger partial charge in [0.1, 0.15) is 0 Å². The van der Waals surface area contributed by atoms with Gasteiger partial charge >= 0.3 is 0 Å². The van der Waals surface area contributed by atoms with Gasteiger partial charge in [-0.2, -0.15) is 0 Å². The van der Waals surface area contributed by atoms with Crippen molar-refractivity contribution in [1.82, 2.24) is 5.32 Å². The van der Waals surface area contributed by atoms with Crippen molar-refractivity contribution in [3.05, 3.63) is 22.2 Å². The van der Waals surface area contributed by atoms with E-state index in [9.17, 15) is 0 Å². The molecular formula is C15H24BrNO2. The van der Waals surface area contributed by atoms with Gasteiger partial charge in [-0.3, -0.25) is 0 Å². The van der Waals surface area contributed by atoms with E-state index in [4.69, 9.17) is 9.47 Å². The smallest absolute Gasteiger partial charge is 0.175 e. The Labute approximate surface area is 124 Å². The summed E-state index contributed by atoms with van der Waals surface area (Å²) in [6, 6.07) is 4.12. The minimum atomic E-state index is 0.227. The lowest BCUT2D eigenvalue weighted by Crippen LogP contribution is -2.15. The lowest BCUT2D eigenvalue weighted by atomic mass is 10.2. The van der Waals surface area contributed by atoms with Crippen LogP contribution >= 0.6 is 15.9 Å². The molecule has 0 aliphatic carbocycles. The van der Waals surface area contributed by atoms with Gasteiger partial charge in [-0.25, -0.2) is 0 Å². The molecule has 0 bridgehead atoms. The zero-order chi connectivity index (χ0) is 14.3. The molecule has 0 aliphatic heterocycles. The van der Waals surface area contributed by atoms with E-state index >= 15 is 0 Å². The molecule has 0 atom stereocenters. The summed E-state index contributed by atoms with van der Waals surface area (Å²) >= 11 is 3.59. The van der Waals surface area contributed by atoms with Crippen molar-refractivity contribution in [3.8, 4) is 11.5 Å². The largest absolute Gasteiger partial charge is 0.490 e. The van der Waals surface area contributed by atoms with E-state index < -0.39 is 0 Å². The quantitative estimate of drug-likeness (QED) is 0.777. The maximum atomic E-state index is 6.07. The summed E-state index contributed by atoms with van der Waals surface area (Å²) in [7, 11) is 1.93. The van der Waals surface area contributed by atoms with E-state index in [-0.39, 0.29) is 6.10 Å². The molecule has 0 heterocycles. The Balaban J connectivity index is 3.05. The van der Waals surface area contributed by atoms with Crippen molar-refractivity contribution in [3.63, 3.8) is 0 Å². The monoisotopic (exact) mass is 329 g/mol. The lowest BCUT2D eigenvalue weighted by Gasteiger charge is -2.20. The molecule has 3 nitrogen and oxygen atoms in total. The maximum absolute atomic E-state index is 6.07. The molecule has 4 heteroatoms. The van der Waals surface area contributed by atoms with E-state index in [2.05, 4.69) is 41.2 Å². The third-order valence-electron chi connectivity index (χ3n) is 2.95. The molecule has 0 amide bonds. The average molecular weight is 330 g/mol. The molecule has 0 saturated carbocycles. The highest BCUT2D eigenvalue weighted by atomic mass is 79.9. The Kier molecular flexibility index (Phi) is 7.24. The second-order valence-electron chi connectivity index (χ2n) is 4.42. The topological polar surface area (TPSA) is 30.5 Å². The molecule has 19 heavy (non-hydrogen) atoms. The second kappa shape index (κ2) is 8.43. The van der Waals surface area contributed by atoms with Crippen LogP contribution in [-0.2, 0) is 6.54 Å². The van der Waals surface area contributed by atoms with Crippen molar-refractivity contribution in [2.75, 3.05) is 13.7 Å². The first kappa shape index (κ1) is 16.3. The van der Waals surface area contributed by atoms with Crippen molar-refractivity contribution < 1.29 is 9.47 Å². The van der Waals surface area contributed by atoms with Gasteiger partial charge in [0.25, 0.3) is 0 Å². The van der Waals surface area contributed by atoms with Crippen molar-refractivity contribution >= 4 is 15.9 Å². The minimum absolute atomic E-state index is 0.227. The van der Waals surface area contributed by atoms with E-state index in [0.717, 1.165) is 35.4 Å². The van der Waals surface area contributed by atoms with Gasteiger partial charge in [0.15, 0.2) is 11.5 Å². The Morgan fingerprint density at radius 2 is 1.89 bits per heavy atom. The Morgan fingerprint density at radius 1 is 1.21 bits per heavy atom. The van der Waals surface area contributed by atoms with Crippen LogP contribution in [0, 0.1) is 0 Å². The van der Waals surface area contributed by atoms with Crippen LogP contribution in [0.5, 0.6) is 11.5 Å². The maximum Gasteiger partial charge on any atom is 0.175 e. The van der Waals surface area contributed by atoms with Gasteiger partial charge in [0.2, 0.25) is 0 Å². The van der Waals surface area contributed by atoms with E-state index in [1.54, 1.807) is 0 Å². The Bertz CT molecular complexity index is 392. The molecule has 1 aromatic rings. The number of nitrogens with one attached hydrogen (secondary N) is 1. The van der Waals surface area contributed by atoms with Crippen LogP contribution in [0.3, 0.4) is 0 Å². The highest BCUT2D eigenvalue weighted by Gasteiger charge is 2.15. The third-order valence-corrected chi connectivity index (χ3v) is 3.53. The molecule has 0 radical (unpaired) electrons. The Hall–Kier alpha value is -0.740. The first-order chi connectivity index (χ1) is 9.15. The molecular weight excluding hydrogens is 306 g/mol. The molecule has 0 aromatic heterocycles. The summed E-state index contributed by atoms with van der Waals surface area (Å²) in [6.45, 7) is 7.70. The van der Waals surface area contributed by atoms with Gasteiger partial charge in [-0.05, 0) is 60.4 Å². The van der Waals surface area contributed by atoms with Crippen LogP contribution in [0.1, 0.15) is 39.2 Å². The Morgan fingerprint density at radius 3 is 2.42 bits per heavy atom. The van der Waals surface area contributed by atoms with Crippen LogP contribution < -0.4 is 14.8 Å². The molecule has 1 rings (SSSR count). The fourth-order valence-electron chi connectivity index (χ4n) is 1.93. The third kappa shape index (κ3) is 4.69. The number of rotatable bonds is 8. The number of hydrogen-bond donors (Lipinski definition) is 1. The van der Waals surface area contributed by atoms with Crippen LogP contribution in [0.4, 0.5) is 0 Å². The predicted octanol–water partition coefficient (Wildman–Crippen LogP) is 4.13. The van der Waals surface area contributed by atoms with Crippen LogP contribution in [0.15, 0.2) is 16.6 Å². The average Bonchev–Trinajstić information content (AvgIpc) is 2.39. The molecule has 0 aliphatic rings. The van der Waals surface area contributed by atoms with Crippen LogP contribution in [0.2, 0.25) is 0 Å². The van der Waals surface area contributed by atoms with Crippen LogP contribution in [-0.4, -0.2) is 19.8 Å². The SMILES string of the molecule is CCOc1cc(CNC)cc(Br)c1OC(CC)CC. The normalized spacial score (nSPS) is 10.8. The first-order valence-corrected chi connectivity index (χ1v) is 7.71. The summed E-state index contributed by atoms with van der Waals surface area (Å²) in [4.78, 5) is 0. The van der Waals surface area contributed by atoms with Crippen molar-refractivity contribution in [1.29, 1.82) is 0 Å². The van der Waals surface area contributed by atoms with Gasteiger partial charge in [0, 0.05) is 6.54 Å². The minimum Gasteiger partial charge on any atom is -0.490 e. The number of halogens is 1. The molecule has 0 unspecified atom stereocenters. The summed E-state index contributed by atoms with van der Waals surface area (Å²) in [5, 5.41) is 3.15. The van der Waals surface area contributed by atoms with Crippen LogP contribution in [0.25, 0.3) is 0 Å². The summed E-state index contributed by atoms with van der Waals surface area (Å²) in [6.07, 6.45) is 2.21. The fraction of sp³-hybridized carbons (Fsp3) is 0.600. The van der Waals surface area contributed by atoms with Gasteiger partial charge < -0.3 is 14.8 Å². The van der Waals surface area contributed by atoms with Crippen molar-refractivity contribution in [2.45, 2.75) is 46.3 Å². The molecule has 0 spiro atoms. The van der Waals surface area contributed by atoms with E-state index in [1.807, 2.05) is 20.0 Å². The van der Waals surface area contributed by atoms with Gasteiger partial charge in [-0.1, -0.05) is 13.8 Å². The molecule has 0 fully saturated rings. The predicted molar refractivity (Wildman–Crippen MR) is 83.1 cm³/mol. The molecule has 1 N–H and O–H groups in total. The zero-order valence-electron chi connectivity index (χ0n) is 12.3. The van der Waals surface area contributed by atoms with Crippen molar-refractivity contribution in [2.24, 2.45) is 0 Å². The highest BCUT2D eigenvalue weighted by Crippen LogP contribution is 2.38. The van der Waals surface area contributed by atoms with Gasteiger partial charge in [-0.15, -0.1) is 0 Å². The second-order valence-corrected chi connectivity index (χ2v) is 5.28. The fourth-order valence-corrected chi connectivity index (χ4v) is 2.51. The zero-order valence-corrected chi connectivity index (χ0v) is 13.8. The number of benzene rings is 1. The summed E-state index contributed by atoms with van der Waals surface area (Å²) in [5.74, 6) is 1.63. The summed E-state index contributed by atoms with van der Waals surface area (Å²) in [5.41, 5.74) is 1.18. The van der Waals surface area contributed by atoms with E-state index in [0.29, 0.717) is 6.61 Å².